The predicted molar refractivity (Wildman–Crippen MR) is 153 cm³/mol. The minimum Gasteiger partial charge on any atom is -0.497 e. The van der Waals surface area contributed by atoms with Crippen molar-refractivity contribution in [1.29, 1.82) is 0 Å². The lowest BCUT2D eigenvalue weighted by atomic mass is 9.98. The van der Waals surface area contributed by atoms with Crippen molar-refractivity contribution in [3.8, 4) is 34.3 Å². The number of pyridine rings is 1. The van der Waals surface area contributed by atoms with Crippen molar-refractivity contribution in [2.24, 2.45) is 0 Å². The Labute approximate surface area is 234 Å². The molecule has 3 aromatic carbocycles. The molecule has 0 bridgehead atoms. The summed E-state index contributed by atoms with van der Waals surface area (Å²) in [5, 5.41) is 0.926. The zero-order chi connectivity index (χ0) is 28.1. The minimum atomic E-state index is -0.0239. The molecule has 0 saturated carbocycles. The number of fused-ring (bicyclic) bond motifs is 2. The third kappa shape index (κ3) is 5.82. The van der Waals surface area contributed by atoms with Gasteiger partial charge in [-0.25, -0.2) is 4.98 Å². The molecule has 5 rings (SSSR count). The van der Waals surface area contributed by atoms with Crippen LogP contribution in [0.2, 0.25) is 0 Å². The second-order valence-corrected chi connectivity index (χ2v) is 9.73. The van der Waals surface area contributed by atoms with Crippen LogP contribution in [0.5, 0.6) is 23.0 Å². The summed E-state index contributed by atoms with van der Waals surface area (Å²) in [5.41, 5.74) is 5.50. The van der Waals surface area contributed by atoms with Gasteiger partial charge in [-0.05, 0) is 54.8 Å². The topological polar surface area (TPSA) is 79.4 Å². The summed E-state index contributed by atoms with van der Waals surface area (Å²) in [5.74, 6) is 2.68. The van der Waals surface area contributed by atoms with Crippen molar-refractivity contribution in [2.75, 3.05) is 41.3 Å². The number of aromatic nitrogens is 1. The third-order valence-electron chi connectivity index (χ3n) is 7.11. The number of nitrogens with zero attached hydrogens (tertiary/aromatic N) is 2. The van der Waals surface area contributed by atoms with Crippen LogP contribution in [0.15, 0.2) is 60.7 Å². The molecular formula is C32H34N2O6. The Morgan fingerprint density at radius 3 is 2.50 bits per heavy atom. The number of carbonyl (C=O) groups is 1. The molecule has 208 valence electrons. The zero-order valence-corrected chi connectivity index (χ0v) is 23.4. The van der Waals surface area contributed by atoms with Crippen molar-refractivity contribution in [3.05, 3.63) is 77.4 Å². The van der Waals surface area contributed by atoms with Gasteiger partial charge in [0.1, 0.15) is 11.5 Å². The summed E-state index contributed by atoms with van der Waals surface area (Å²) in [6.45, 7) is 3.73. The summed E-state index contributed by atoms with van der Waals surface area (Å²) in [6, 6.07) is 19.6. The van der Waals surface area contributed by atoms with Crippen LogP contribution in [0.25, 0.3) is 22.2 Å². The van der Waals surface area contributed by atoms with E-state index < -0.39 is 0 Å². The molecule has 0 aliphatic carbocycles. The van der Waals surface area contributed by atoms with Crippen molar-refractivity contribution in [1.82, 2.24) is 9.88 Å². The van der Waals surface area contributed by atoms with E-state index in [1.807, 2.05) is 47.4 Å². The van der Waals surface area contributed by atoms with Gasteiger partial charge in [-0.1, -0.05) is 24.3 Å². The van der Waals surface area contributed by atoms with Crippen molar-refractivity contribution < 1.29 is 28.5 Å². The lowest BCUT2D eigenvalue weighted by Gasteiger charge is -2.25. The number of benzene rings is 3. The Morgan fingerprint density at radius 2 is 1.75 bits per heavy atom. The monoisotopic (exact) mass is 542 g/mol. The smallest absolute Gasteiger partial charge is 0.231 e. The number of hydrogen-bond acceptors (Lipinski definition) is 7. The molecule has 0 atom stereocenters. The van der Waals surface area contributed by atoms with Crippen molar-refractivity contribution in [3.63, 3.8) is 0 Å². The Morgan fingerprint density at radius 1 is 0.950 bits per heavy atom. The molecule has 1 aliphatic heterocycles. The fourth-order valence-electron chi connectivity index (χ4n) is 4.99. The van der Waals surface area contributed by atoms with E-state index in [9.17, 15) is 4.79 Å². The molecule has 0 saturated heterocycles. The van der Waals surface area contributed by atoms with Crippen molar-refractivity contribution >= 4 is 16.8 Å². The highest BCUT2D eigenvalue weighted by atomic mass is 16.7. The van der Waals surface area contributed by atoms with Crippen LogP contribution in [-0.4, -0.2) is 57.1 Å². The highest BCUT2D eigenvalue weighted by Crippen LogP contribution is 2.38. The van der Waals surface area contributed by atoms with Crippen LogP contribution in [-0.2, 0) is 22.5 Å². The Hall–Kier alpha value is -4.30. The summed E-state index contributed by atoms with van der Waals surface area (Å²) in [7, 11) is 4.88. The number of ether oxygens (including phenoxy) is 5. The summed E-state index contributed by atoms with van der Waals surface area (Å²) in [6.07, 6.45) is 0.879. The lowest BCUT2D eigenvalue weighted by molar-refractivity contribution is -0.131. The fraction of sp³-hybridized carbons (Fsp3) is 0.312. The van der Waals surface area contributed by atoms with Gasteiger partial charge >= 0.3 is 0 Å². The maximum Gasteiger partial charge on any atom is 0.231 e. The fourth-order valence-corrected chi connectivity index (χ4v) is 4.99. The van der Waals surface area contributed by atoms with Crippen LogP contribution >= 0.6 is 0 Å². The molecule has 40 heavy (non-hydrogen) atoms. The van der Waals surface area contributed by atoms with E-state index in [4.69, 9.17) is 28.7 Å². The van der Waals surface area contributed by atoms with Gasteiger partial charge in [0.05, 0.1) is 31.9 Å². The van der Waals surface area contributed by atoms with Gasteiger partial charge < -0.3 is 28.6 Å². The summed E-state index contributed by atoms with van der Waals surface area (Å²) in [4.78, 5) is 20.8. The molecule has 0 fully saturated rings. The molecule has 0 spiro atoms. The molecule has 1 aromatic heterocycles. The van der Waals surface area contributed by atoms with E-state index in [0.717, 1.165) is 38.9 Å². The van der Waals surface area contributed by atoms with Crippen LogP contribution < -0.4 is 18.9 Å². The number of hydrogen-bond donors (Lipinski definition) is 0. The largest absolute Gasteiger partial charge is 0.497 e. The van der Waals surface area contributed by atoms with Gasteiger partial charge in [0, 0.05) is 49.4 Å². The molecular weight excluding hydrogens is 508 g/mol. The van der Waals surface area contributed by atoms with E-state index in [1.54, 1.807) is 21.3 Å². The van der Waals surface area contributed by atoms with Crippen LogP contribution in [0.3, 0.4) is 0 Å². The first-order valence-electron chi connectivity index (χ1n) is 13.3. The second kappa shape index (κ2) is 12.3. The van der Waals surface area contributed by atoms with Crippen molar-refractivity contribution in [2.45, 2.75) is 26.3 Å². The maximum absolute atomic E-state index is 13.8. The predicted octanol–water partition coefficient (Wildman–Crippen LogP) is 5.56. The summed E-state index contributed by atoms with van der Waals surface area (Å²) < 4.78 is 27.5. The number of rotatable bonds is 11. The molecule has 8 heteroatoms. The highest BCUT2D eigenvalue weighted by Gasteiger charge is 2.22. The van der Waals surface area contributed by atoms with E-state index in [0.29, 0.717) is 49.1 Å². The standard InChI is InChI=1S/C32H34N2O6/c1-21-8-5-6-9-26(21)32-24(14-22-16-29-30(40-20-39-29)18-27(22)33-32)19-34(12-7-13-36-2)31(35)17-23-15-25(37-3)10-11-28(23)38-4/h5-6,8-11,14-16,18H,7,12-13,17,19-20H2,1-4H3. The first-order valence-corrected chi connectivity index (χ1v) is 13.3. The van der Waals surface area contributed by atoms with E-state index in [2.05, 4.69) is 25.1 Å². The third-order valence-corrected chi connectivity index (χ3v) is 7.11. The molecule has 1 aliphatic rings. The summed E-state index contributed by atoms with van der Waals surface area (Å²) >= 11 is 0. The number of methoxy groups -OCH3 is 3. The lowest BCUT2D eigenvalue weighted by Crippen LogP contribution is -2.33. The van der Waals surface area contributed by atoms with Crippen LogP contribution in [0.4, 0.5) is 0 Å². The number of carbonyl (C=O) groups excluding carboxylic acids is 1. The molecule has 4 aromatic rings. The molecule has 1 amide bonds. The highest BCUT2D eigenvalue weighted by molar-refractivity contribution is 5.87. The van der Waals surface area contributed by atoms with Gasteiger partial charge in [-0.15, -0.1) is 0 Å². The van der Waals surface area contributed by atoms with Gasteiger partial charge in [0.15, 0.2) is 11.5 Å². The molecule has 0 radical (unpaired) electrons. The molecule has 0 N–H and O–H groups in total. The molecule has 8 nitrogen and oxygen atoms in total. The van der Waals surface area contributed by atoms with Gasteiger partial charge in [0.25, 0.3) is 0 Å². The zero-order valence-electron chi connectivity index (χ0n) is 23.4. The molecule has 0 unspecified atom stereocenters. The minimum absolute atomic E-state index is 0.0239. The average Bonchev–Trinajstić information content (AvgIpc) is 3.42. The van der Waals surface area contributed by atoms with Gasteiger partial charge in [-0.3, -0.25) is 4.79 Å². The first-order chi connectivity index (χ1) is 19.5. The molecule has 2 heterocycles. The number of aryl methyl sites for hydroxylation is 1. The first kappa shape index (κ1) is 27.3. The van der Waals surface area contributed by atoms with Gasteiger partial charge in [0.2, 0.25) is 12.7 Å². The van der Waals surface area contributed by atoms with E-state index in [-0.39, 0.29) is 19.1 Å². The maximum atomic E-state index is 13.8. The normalized spacial score (nSPS) is 12.0. The average molecular weight is 543 g/mol. The van der Waals surface area contributed by atoms with E-state index >= 15 is 0 Å². The van der Waals surface area contributed by atoms with Crippen LogP contribution in [0.1, 0.15) is 23.1 Å². The Bertz CT molecular complexity index is 1520. The SMILES string of the molecule is COCCCN(Cc1cc2cc3c(cc2nc1-c1ccccc1C)OCO3)C(=O)Cc1cc(OC)ccc1OC. The Balaban J connectivity index is 1.55. The van der Waals surface area contributed by atoms with E-state index in [1.165, 1.54) is 0 Å². The van der Waals surface area contributed by atoms with Gasteiger partial charge in [-0.2, -0.15) is 0 Å². The second-order valence-electron chi connectivity index (χ2n) is 9.73. The quantitative estimate of drug-likeness (QED) is 0.230. The number of amides is 1. The van der Waals surface area contributed by atoms with Crippen LogP contribution in [0, 0.1) is 6.92 Å². The Kier molecular flexibility index (Phi) is 8.36.